The fraction of sp³-hybridized carbons (Fsp3) is 0.133. The number of carbonyl (C=O) groups excluding carboxylic acids is 1. The lowest BCUT2D eigenvalue weighted by molar-refractivity contribution is 0.0520. The molecular weight excluding hydrogens is 254 g/mol. The normalized spacial score (nSPS) is 10.7. The molecule has 0 aliphatic carbocycles. The molecule has 0 spiro atoms. The van der Waals surface area contributed by atoms with Crippen LogP contribution in [0.4, 0.5) is 0 Å². The summed E-state index contributed by atoms with van der Waals surface area (Å²) in [6.45, 7) is 2.11. The first-order valence-corrected chi connectivity index (χ1v) is 6.35. The topological polar surface area (TPSA) is 56.5 Å². The minimum absolute atomic E-state index is 0.310. The Labute approximate surface area is 115 Å². The van der Waals surface area contributed by atoms with Crippen LogP contribution < -0.4 is 0 Å². The SMILES string of the molecule is CCOC(=O)c1cn2cc(-c3ccccn3)ccc2n1. The van der Waals surface area contributed by atoms with E-state index >= 15 is 0 Å². The van der Waals surface area contributed by atoms with E-state index in [4.69, 9.17) is 4.74 Å². The van der Waals surface area contributed by atoms with E-state index in [0.29, 0.717) is 17.9 Å². The van der Waals surface area contributed by atoms with Crippen molar-refractivity contribution in [3.63, 3.8) is 0 Å². The maximum absolute atomic E-state index is 11.7. The minimum Gasteiger partial charge on any atom is -0.461 e. The molecule has 0 amide bonds. The van der Waals surface area contributed by atoms with Crippen molar-refractivity contribution in [3.8, 4) is 11.3 Å². The van der Waals surface area contributed by atoms with Crippen molar-refractivity contribution >= 4 is 11.6 Å². The van der Waals surface area contributed by atoms with E-state index in [1.807, 2.05) is 36.5 Å². The lowest BCUT2D eigenvalue weighted by Gasteiger charge is -2.00. The first-order valence-electron chi connectivity index (χ1n) is 6.35. The molecule has 0 radical (unpaired) electrons. The average molecular weight is 267 g/mol. The molecule has 0 aliphatic heterocycles. The maximum Gasteiger partial charge on any atom is 0.358 e. The third-order valence-electron chi connectivity index (χ3n) is 2.90. The molecule has 5 heteroatoms. The van der Waals surface area contributed by atoms with E-state index in [2.05, 4.69) is 9.97 Å². The smallest absolute Gasteiger partial charge is 0.358 e. The first-order chi connectivity index (χ1) is 9.78. The lowest BCUT2D eigenvalue weighted by atomic mass is 10.2. The number of pyridine rings is 2. The van der Waals surface area contributed by atoms with Crippen molar-refractivity contribution in [2.45, 2.75) is 6.92 Å². The molecule has 0 N–H and O–H groups in total. The van der Waals surface area contributed by atoms with Crippen molar-refractivity contribution in [1.29, 1.82) is 0 Å². The largest absolute Gasteiger partial charge is 0.461 e. The van der Waals surface area contributed by atoms with E-state index in [-0.39, 0.29) is 0 Å². The van der Waals surface area contributed by atoms with Gasteiger partial charge >= 0.3 is 5.97 Å². The van der Waals surface area contributed by atoms with Crippen LogP contribution >= 0.6 is 0 Å². The van der Waals surface area contributed by atoms with Gasteiger partial charge < -0.3 is 9.14 Å². The predicted octanol–water partition coefficient (Wildman–Crippen LogP) is 2.57. The Bertz CT molecular complexity index is 750. The van der Waals surface area contributed by atoms with Gasteiger partial charge in [-0.2, -0.15) is 0 Å². The number of rotatable bonds is 3. The van der Waals surface area contributed by atoms with Crippen LogP contribution in [-0.2, 0) is 4.74 Å². The van der Waals surface area contributed by atoms with Gasteiger partial charge in [0.1, 0.15) is 5.65 Å². The molecule has 0 aromatic carbocycles. The summed E-state index contributed by atoms with van der Waals surface area (Å²) in [5.74, 6) is -0.407. The van der Waals surface area contributed by atoms with Gasteiger partial charge in [0, 0.05) is 24.2 Å². The van der Waals surface area contributed by atoms with E-state index in [0.717, 1.165) is 11.3 Å². The molecule has 3 aromatic heterocycles. The first kappa shape index (κ1) is 12.3. The molecule has 5 nitrogen and oxygen atoms in total. The molecule has 3 aromatic rings. The van der Waals surface area contributed by atoms with Gasteiger partial charge in [-0.05, 0) is 31.2 Å². The van der Waals surface area contributed by atoms with Crippen molar-refractivity contribution < 1.29 is 9.53 Å². The number of carbonyl (C=O) groups is 1. The Hall–Kier alpha value is -2.69. The minimum atomic E-state index is -0.407. The number of imidazole rings is 1. The summed E-state index contributed by atoms with van der Waals surface area (Å²) in [5, 5.41) is 0. The van der Waals surface area contributed by atoms with Crippen molar-refractivity contribution in [3.05, 3.63) is 54.6 Å². The van der Waals surface area contributed by atoms with Crippen LogP contribution in [0.1, 0.15) is 17.4 Å². The summed E-state index contributed by atoms with van der Waals surface area (Å²) < 4.78 is 6.75. The van der Waals surface area contributed by atoms with Crippen molar-refractivity contribution in [2.24, 2.45) is 0 Å². The molecule has 0 saturated carbocycles. The van der Waals surface area contributed by atoms with Crippen molar-refractivity contribution in [2.75, 3.05) is 6.61 Å². The highest BCUT2D eigenvalue weighted by atomic mass is 16.5. The summed E-state index contributed by atoms with van der Waals surface area (Å²) >= 11 is 0. The van der Waals surface area contributed by atoms with Crippen LogP contribution in [0.3, 0.4) is 0 Å². The number of aromatic nitrogens is 3. The van der Waals surface area contributed by atoms with Gasteiger partial charge in [0.2, 0.25) is 0 Å². The number of esters is 1. The zero-order valence-electron chi connectivity index (χ0n) is 11.0. The Morgan fingerprint density at radius 2 is 2.15 bits per heavy atom. The van der Waals surface area contributed by atoms with Crippen LogP contribution in [0.25, 0.3) is 16.9 Å². The van der Waals surface area contributed by atoms with Crippen LogP contribution in [0.5, 0.6) is 0 Å². The highest BCUT2D eigenvalue weighted by molar-refractivity contribution is 5.88. The molecule has 3 heterocycles. The Balaban J connectivity index is 2.02. The number of fused-ring (bicyclic) bond motifs is 1. The number of hydrogen-bond acceptors (Lipinski definition) is 4. The van der Waals surface area contributed by atoms with E-state index < -0.39 is 5.97 Å². The molecule has 0 atom stereocenters. The second-order valence-electron chi connectivity index (χ2n) is 4.24. The fourth-order valence-electron chi connectivity index (χ4n) is 1.98. The molecular formula is C15H13N3O2. The van der Waals surface area contributed by atoms with Crippen molar-refractivity contribution in [1.82, 2.24) is 14.4 Å². The molecule has 20 heavy (non-hydrogen) atoms. The molecule has 0 aliphatic rings. The Morgan fingerprint density at radius 1 is 1.25 bits per heavy atom. The van der Waals surface area contributed by atoms with Gasteiger partial charge in [-0.1, -0.05) is 6.07 Å². The third kappa shape index (κ3) is 2.25. The van der Waals surface area contributed by atoms with Gasteiger partial charge in [-0.15, -0.1) is 0 Å². The van der Waals surface area contributed by atoms with Gasteiger partial charge in [-0.25, -0.2) is 9.78 Å². The molecule has 0 bridgehead atoms. The van der Waals surface area contributed by atoms with Crippen LogP contribution in [0.15, 0.2) is 48.9 Å². The number of hydrogen-bond donors (Lipinski definition) is 0. The summed E-state index contributed by atoms with van der Waals surface area (Å²) in [7, 11) is 0. The van der Waals surface area contributed by atoms with E-state index in [1.165, 1.54) is 0 Å². The summed E-state index contributed by atoms with van der Waals surface area (Å²) in [4.78, 5) is 20.2. The average Bonchev–Trinajstić information content (AvgIpc) is 2.91. The Morgan fingerprint density at radius 3 is 2.90 bits per heavy atom. The zero-order chi connectivity index (χ0) is 13.9. The van der Waals surface area contributed by atoms with Gasteiger partial charge in [0.05, 0.1) is 12.3 Å². The quantitative estimate of drug-likeness (QED) is 0.684. The van der Waals surface area contributed by atoms with Gasteiger partial charge in [0.15, 0.2) is 5.69 Å². The third-order valence-corrected chi connectivity index (χ3v) is 2.90. The van der Waals surface area contributed by atoms with Crippen LogP contribution in [0.2, 0.25) is 0 Å². The maximum atomic E-state index is 11.7. The molecule has 0 fully saturated rings. The van der Waals surface area contributed by atoms with Gasteiger partial charge in [0.25, 0.3) is 0 Å². The molecule has 100 valence electrons. The summed E-state index contributed by atoms with van der Waals surface area (Å²) in [5.41, 5.74) is 2.85. The summed E-state index contributed by atoms with van der Waals surface area (Å²) in [6.07, 6.45) is 5.31. The van der Waals surface area contributed by atoms with Crippen LogP contribution in [0, 0.1) is 0 Å². The molecule has 0 unspecified atom stereocenters. The Kier molecular flexibility index (Phi) is 3.16. The standard InChI is InChI=1S/C15H13N3O2/c1-2-20-15(19)13-10-18-9-11(6-7-14(18)17-13)12-5-3-4-8-16-12/h3-10H,2H2,1H3. The highest BCUT2D eigenvalue weighted by Gasteiger charge is 2.11. The van der Waals surface area contributed by atoms with E-state index in [1.54, 1.807) is 23.7 Å². The zero-order valence-corrected chi connectivity index (χ0v) is 11.0. The predicted molar refractivity (Wildman–Crippen MR) is 74.4 cm³/mol. The monoisotopic (exact) mass is 267 g/mol. The second kappa shape index (κ2) is 5.13. The lowest BCUT2D eigenvalue weighted by Crippen LogP contribution is -2.04. The van der Waals surface area contributed by atoms with E-state index in [9.17, 15) is 4.79 Å². The number of nitrogens with zero attached hydrogens (tertiary/aromatic N) is 3. The fourth-order valence-corrected chi connectivity index (χ4v) is 1.98. The van der Waals surface area contributed by atoms with Gasteiger partial charge in [-0.3, -0.25) is 4.98 Å². The van der Waals surface area contributed by atoms with Crippen LogP contribution in [-0.4, -0.2) is 26.9 Å². The molecule has 0 saturated heterocycles. The highest BCUT2D eigenvalue weighted by Crippen LogP contribution is 2.17. The molecule has 3 rings (SSSR count). The number of ether oxygens (including phenoxy) is 1. The summed E-state index contributed by atoms with van der Waals surface area (Å²) in [6, 6.07) is 9.53. The second-order valence-corrected chi connectivity index (χ2v) is 4.24.